The lowest BCUT2D eigenvalue weighted by molar-refractivity contribution is 0.404. The van der Waals surface area contributed by atoms with E-state index in [0.717, 1.165) is 11.2 Å². The predicted molar refractivity (Wildman–Crippen MR) is 91.6 cm³/mol. The van der Waals surface area contributed by atoms with Gasteiger partial charge in [0.1, 0.15) is 0 Å². The van der Waals surface area contributed by atoms with Crippen LogP contribution in [0.4, 0.5) is 0 Å². The van der Waals surface area contributed by atoms with Crippen molar-refractivity contribution < 1.29 is 0 Å². The molecule has 0 aliphatic carbocycles. The molecule has 0 aromatic rings. The molecule has 2 heteroatoms. The van der Waals surface area contributed by atoms with Gasteiger partial charge in [-0.2, -0.15) is 0 Å². The molecule has 0 radical (unpaired) electrons. The van der Waals surface area contributed by atoms with Crippen LogP contribution in [0.3, 0.4) is 0 Å². The van der Waals surface area contributed by atoms with Crippen LogP contribution < -0.4 is 0 Å². The molecule has 18 heavy (non-hydrogen) atoms. The number of rotatable bonds is 13. The Morgan fingerprint density at radius 1 is 0.778 bits per heavy atom. The van der Waals surface area contributed by atoms with E-state index < -0.39 is 0 Å². The average molecular weight is 291 g/mol. The van der Waals surface area contributed by atoms with Gasteiger partial charge in [-0.3, -0.25) is 0 Å². The maximum absolute atomic E-state index is 2.44. The quantitative estimate of drug-likeness (QED) is 0.266. The monoisotopic (exact) mass is 290 g/mol. The fourth-order valence-corrected chi connectivity index (χ4v) is 4.63. The van der Waals surface area contributed by atoms with Gasteiger partial charge in [-0.1, -0.05) is 93.7 Å². The molecule has 0 saturated heterocycles. The van der Waals surface area contributed by atoms with Gasteiger partial charge in [-0.15, -0.1) is 0 Å². The van der Waals surface area contributed by atoms with Crippen LogP contribution in [0.15, 0.2) is 0 Å². The minimum absolute atomic E-state index is 0.836. The fourth-order valence-electron chi connectivity index (χ4n) is 2.51. The second-order valence-corrected chi connectivity index (χ2v) is 8.27. The summed E-state index contributed by atoms with van der Waals surface area (Å²) >= 11 is 0. The third-order valence-corrected chi connectivity index (χ3v) is 6.14. The molecule has 0 saturated carbocycles. The highest BCUT2D eigenvalue weighted by Gasteiger charge is 2.16. The first-order valence-electron chi connectivity index (χ1n) is 7.95. The summed E-state index contributed by atoms with van der Waals surface area (Å²) in [6, 6.07) is 0. The van der Waals surface area contributed by atoms with Crippen molar-refractivity contribution in [3.8, 4) is 0 Å². The summed E-state index contributed by atoms with van der Waals surface area (Å²) in [7, 11) is 4.03. The molecule has 0 aromatic heterocycles. The zero-order valence-electron chi connectivity index (χ0n) is 13.0. The van der Waals surface area contributed by atoms with E-state index in [1.54, 1.807) is 0 Å². The zero-order chi connectivity index (χ0) is 13.6. The van der Waals surface area contributed by atoms with Crippen LogP contribution >= 0.6 is 21.6 Å². The Balaban J connectivity index is 3.84. The minimum atomic E-state index is 0.836. The molecule has 0 amide bonds. The van der Waals surface area contributed by atoms with Gasteiger partial charge in [-0.05, 0) is 25.0 Å². The van der Waals surface area contributed by atoms with Crippen LogP contribution in [0.25, 0.3) is 0 Å². The second kappa shape index (κ2) is 14.1. The summed E-state index contributed by atoms with van der Waals surface area (Å²) < 4.78 is 0. The van der Waals surface area contributed by atoms with E-state index in [1.165, 1.54) is 64.2 Å². The molecule has 1 unspecified atom stereocenters. The van der Waals surface area contributed by atoms with Crippen LogP contribution in [0, 0.1) is 5.92 Å². The molecule has 0 fully saturated rings. The van der Waals surface area contributed by atoms with Gasteiger partial charge in [0.25, 0.3) is 0 Å². The Labute approximate surface area is 124 Å². The smallest absolute Gasteiger partial charge is 0.0151 e. The second-order valence-electron chi connectivity index (χ2n) is 5.43. The number of hydrogen-bond donors (Lipinski definition) is 0. The molecule has 0 aliphatic rings. The molecule has 0 heterocycles. The lowest BCUT2D eigenvalue weighted by atomic mass is 9.92. The van der Waals surface area contributed by atoms with Crippen molar-refractivity contribution >= 4 is 21.6 Å². The molecule has 0 spiro atoms. The van der Waals surface area contributed by atoms with Crippen LogP contribution in [-0.4, -0.2) is 11.5 Å². The molecule has 0 aromatic carbocycles. The van der Waals surface area contributed by atoms with Crippen molar-refractivity contribution in [2.24, 2.45) is 5.92 Å². The first-order chi connectivity index (χ1) is 8.76. The van der Waals surface area contributed by atoms with E-state index in [2.05, 4.69) is 37.8 Å². The third kappa shape index (κ3) is 10.6. The van der Waals surface area contributed by atoms with Gasteiger partial charge in [0.2, 0.25) is 0 Å². The standard InChI is InChI=1S/C16H34S2/c1-5-7-9-11-13-16(15(3)18-17-4)14-12-10-8-6-2/h15-16H,5-14H2,1-4H3. The van der Waals surface area contributed by atoms with Gasteiger partial charge in [0.05, 0.1) is 0 Å². The molecule has 0 N–H and O–H groups in total. The number of hydrogen-bond acceptors (Lipinski definition) is 2. The highest BCUT2D eigenvalue weighted by molar-refractivity contribution is 8.76. The topological polar surface area (TPSA) is 0 Å². The first kappa shape index (κ1) is 18.7. The normalized spacial score (nSPS) is 13.2. The maximum atomic E-state index is 2.44. The Kier molecular flexibility index (Phi) is 14.7. The average Bonchev–Trinajstić information content (AvgIpc) is 2.37. The molecule has 0 nitrogen and oxygen atoms in total. The Hall–Kier alpha value is 0.700. The molecule has 110 valence electrons. The molecule has 1 atom stereocenters. The van der Waals surface area contributed by atoms with Crippen molar-refractivity contribution in [3.63, 3.8) is 0 Å². The van der Waals surface area contributed by atoms with Crippen LogP contribution in [0.2, 0.25) is 0 Å². The summed E-state index contributed by atoms with van der Waals surface area (Å²) in [5.41, 5.74) is 0. The largest absolute Gasteiger partial charge is 0.0973 e. The summed E-state index contributed by atoms with van der Waals surface area (Å²) in [4.78, 5) is 0. The van der Waals surface area contributed by atoms with Crippen molar-refractivity contribution in [2.45, 2.75) is 90.2 Å². The van der Waals surface area contributed by atoms with Gasteiger partial charge < -0.3 is 0 Å². The molecular formula is C16H34S2. The van der Waals surface area contributed by atoms with Crippen molar-refractivity contribution in [3.05, 3.63) is 0 Å². The lowest BCUT2D eigenvalue weighted by Crippen LogP contribution is -2.13. The van der Waals surface area contributed by atoms with Crippen LogP contribution in [-0.2, 0) is 0 Å². The molecule has 0 rings (SSSR count). The summed E-state index contributed by atoms with van der Waals surface area (Å²) in [6.07, 6.45) is 16.5. The first-order valence-corrected chi connectivity index (χ1v) is 10.6. The van der Waals surface area contributed by atoms with E-state index in [1.807, 2.05) is 10.8 Å². The highest BCUT2D eigenvalue weighted by atomic mass is 33.1. The molecule has 0 aliphatic heterocycles. The lowest BCUT2D eigenvalue weighted by Gasteiger charge is -2.23. The Morgan fingerprint density at radius 3 is 1.67 bits per heavy atom. The Bertz CT molecular complexity index is 147. The molecule has 0 bridgehead atoms. The van der Waals surface area contributed by atoms with Crippen molar-refractivity contribution in [2.75, 3.05) is 6.26 Å². The van der Waals surface area contributed by atoms with Crippen molar-refractivity contribution in [1.82, 2.24) is 0 Å². The van der Waals surface area contributed by atoms with Crippen molar-refractivity contribution in [1.29, 1.82) is 0 Å². The summed E-state index contributed by atoms with van der Waals surface area (Å²) in [6.45, 7) is 7.04. The van der Waals surface area contributed by atoms with E-state index in [-0.39, 0.29) is 0 Å². The fraction of sp³-hybridized carbons (Fsp3) is 1.00. The van der Waals surface area contributed by atoms with E-state index in [4.69, 9.17) is 0 Å². The third-order valence-electron chi connectivity index (χ3n) is 3.77. The van der Waals surface area contributed by atoms with E-state index in [9.17, 15) is 0 Å². The van der Waals surface area contributed by atoms with Crippen LogP contribution in [0.1, 0.15) is 85.0 Å². The predicted octanol–water partition coefficient (Wildman–Crippen LogP) is 6.94. The van der Waals surface area contributed by atoms with Gasteiger partial charge >= 0.3 is 0 Å². The molecular weight excluding hydrogens is 256 g/mol. The van der Waals surface area contributed by atoms with E-state index >= 15 is 0 Å². The number of unbranched alkanes of at least 4 members (excludes halogenated alkanes) is 6. The maximum Gasteiger partial charge on any atom is 0.0151 e. The van der Waals surface area contributed by atoms with Gasteiger partial charge in [-0.25, -0.2) is 0 Å². The minimum Gasteiger partial charge on any atom is -0.0973 e. The summed E-state index contributed by atoms with van der Waals surface area (Å²) in [5.74, 6) is 0.955. The van der Waals surface area contributed by atoms with Gasteiger partial charge in [0.15, 0.2) is 0 Å². The highest BCUT2D eigenvalue weighted by Crippen LogP contribution is 2.34. The zero-order valence-corrected chi connectivity index (χ0v) is 14.7. The van der Waals surface area contributed by atoms with Gasteiger partial charge in [0, 0.05) is 5.25 Å². The van der Waals surface area contributed by atoms with E-state index in [0.29, 0.717) is 0 Å². The summed E-state index contributed by atoms with van der Waals surface area (Å²) in [5, 5.41) is 0.836. The Morgan fingerprint density at radius 2 is 1.28 bits per heavy atom. The van der Waals surface area contributed by atoms with Crippen LogP contribution in [0.5, 0.6) is 0 Å². The SMILES string of the molecule is CCCCCCC(CCCCCC)C(C)SSC.